The summed E-state index contributed by atoms with van der Waals surface area (Å²) in [5.41, 5.74) is 5.18. The van der Waals surface area contributed by atoms with E-state index in [0.717, 1.165) is 27.9 Å². The van der Waals surface area contributed by atoms with Crippen molar-refractivity contribution >= 4 is 21.6 Å². The van der Waals surface area contributed by atoms with Gasteiger partial charge in [0.1, 0.15) is 0 Å². The van der Waals surface area contributed by atoms with Crippen LogP contribution in [0.2, 0.25) is 0 Å². The molecule has 1 N–H and O–H groups in total. The average Bonchev–Trinajstić information content (AvgIpc) is 2.73. The van der Waals surface area contributed by atoms with Gasteiger partial charge in [0.25, 0.3) is 5.91 Å². The molecule has 6 heteroatoms. The third kappa shape index (κ3) is 5.72. The second kappa shape index (κ2) is 9.94. The number of nitrogens with zero attached hydrogens (tertiary/aromatic N) is 1. The third-order valence-corrected chi connectivity index (χ3v) is 6.87. The molecule has 3 rings (SSSR count). The Morgan fingerprint density at radius 1 is 0.906 bits per heavy atom. The van der Waals surface area contributed by atoms with E-state index >= 15 is 0 Å². The number of rotatable bonds is 8. The van der Waals surface area contributed by atoms with Gasteiger partial charge >= 0.3 is 0 Å². The number of aryl methyl sites for hydroxylation is 3. The molecule has 0 bridgehead atoms. The molecule has 0 aliphatic carbocycles. The molecule has 0 aliphatic rings. The van der Waals surface area contributed by atoms with Crippen molar-refractivity contribution in [1.29, 1.82) is 0 Å². The van der Waals surface area contributed by atoms with Crippen LogP contribution in [0, 0.1) is 20.8 Å². The largest absolute Gasteiger partial charge is 0.322 e. The van der Waals surface area contributed by atoms with Gasteiger partial charge in [0.15, 0.2) is 0 Å². The van der Waals surface area contributed by atoms with Crippen LogP contribution in [-0.4, -0.2) is 25.2 Å². The van der Waals surface area contributed by atoms with E-state index in [1.54, 1.807) is 54.6 Å². The highest BCUT2D eigenvalue weighted by Crippen LogP contribution is 2.20. The molecular formula is C26H28N2O3S. The Bertz CT molecular complexity index is 1190. The second-order valence-corrected chi connectivity index (χ2v) is 9.86. The molecule has 166 valence electrons. The van der Waals surface area contributed by atoms with E-state index in [0.29, 0.717) is 5.56 Å². The number of anilines is 1. The predicted molar refractivity (Wildman–Crippen MR) is 129 cm³/mol. The Kier molecular flexibility index (Phi) is 7.28. The molecule has 0 aliphatic heterocycles. The van der Waals surface area contributed by atoms with Gasteiger partial charge in [-0.25, -0.2) is 8.42 Å². The van der Waals surface area contributed by atoms with E-state index in [1.807, 2.05) is 39.0 Å². The van der Waals surface area contributed by atoms with Gasteiger partial charge in [-0.15, -0.1) is 6.58 Å². The molecule has 0 saturated heterocycles. The van der Waals surface area contributed by atoms with Crippen LogP contribution in [0.15, 0.2) is 84.3 Å². The molecule has 0 saturated carbocycles. The van der Waals surface area contributed by atoms with E-state index in [2.05, 4.69) is 11.9 Å². The molecule has 0 radical (unpaired) electrons. The number of benzene rings is 3. The van der Waals surface area contributed by atoms with E-state index in [1.165, 1.54) is 4.31 Å². The number of hydrogen-bond acceptors (Lipinski definition) is 3. The summed E-state index contributed by atoms with van der Waals surface area (Å²) in [7, 11) is -3.67. The standard InChI is InChI=1S/C26H28N2O3S/c1-5-14-28(32(30,31)25-12-6-19(2)7-13-25)18-22-8-10-23(11-9-22)26(29)27-24-16-20(3)15-21(4)17-24/h5-13,15-17H,1,14,18H2,2-4H3,(H,27,29). The third-order valence-electron chi connectivity index (χ3n) is 5.05. The highest BCUT2D eigenvalue weighted by Gasteiger charge is 2.23. The highest BCUT2D eigenvalue weighted by atomic mass is 32.2. The number of carbonyl (C=O) groups is 1. The minimum atomic E-state index is -3.67. The minimum Gasteiger partial charge on any atom is -0.322 e. The van der Waals surface area contributed by atoms with Crippen molar-refractivity contribution in [3.63, 3.8) is 0 Å². The van der Waals surface area contributed by atoms with Crippen molar-refractivity contribution in [2.45, 2.75) is 32.2 Å². The topological polar surface area (TPSA) is 66.5 Å². The summed E-state index contributed by atoms with van der Waals surface area (Å²) in [5, 5.41) is 2.91. The van der Waals surface area contributed by atoms with Crippen LogP contribution in [0.25, 0.3) is 0 Å². The maximum atomic E-state index is 13.1. The predicted octanol–water partition coefficient (Wildman–Crippen LogP) is 5.24. The minimum absolute atomic E-state index is 0.182. The number of sulfonamides is 1. The van der Waals surface area contributed by atoms with Gasteiger partial charge in [-0.1, -0.05) is 42.0 Å². The summed E-state index contributed by atoms with van der Waals surface area (Å²) in [6, 6.07) is 19.6. The molecule has 0 atom stereocenters. The maximum absolute atomic E-state index is 13.1. The highest BCUT2D eigenvalue weighted by molar-refractivity contribution is 7.89. The lowest BCUT2D eigenvalue weighted by molar-refractivity contribution is 0.102. The van der Waals surface area contributed by atoms with Crippen molar-refractivity contribution in [2.24, 2.45) is 0 Å². The lowest BCUT2D eigenvalue weighted by Crippen LogP contribution is -2.30. The van der Waals surface area contributed by atoms with Gasteiger partial charge in [0.05, 0.1) is 4.90 Å². The number of carbonyl (C=O) groups excluding carboxylic acids is 1. The summed E-state index contributed by atoms with van der Waals surface area (Å²) < 4.78 is 27.5. The molecule has 32 heavy (non-hydrogen) atoms. The van der Waals surface area contributed by atoms with Crippen molar-refractivity contribution in [3.8, 4) is 0 Å². The molecular weight excluding hydrogens is 420 g/mol. The van der Waals surface area contributed by atoms with Gasteiger partial charge in [0, 0.05) is 24.3 Å². The van der Waals surface area contributed by atoms with E-state index in [-0.39, 0.29) is 23.9 Å². The van der Waals surface area contributed by atoms with Crippen molar-refractivity contribution < 1.29 is 13.2 Å². The zero-order valence-corrected chi connectivity index (χ0v) is 19.4. The van der Waals surface area contributed by atoms with E-state index in [4.69, 9.17) is 0 Å². The van der Waals surface area contributed by atoms with Crippen LogP contribution in [0.5, 0.6) is 0 Å². The van der Waals surface area contributed by atoms with Gasteiger partial charge in [-0.3, -0.25) is 4.79 Å². The fourth-order valence-corrected chi connectivity index (χ4v) is 4.87. The Hall–Kier alpha value is -3.22. The summed E-state index contributed by atoms with van der Waals surface area (Å²) >= 11 is 0. The maximum Gasteiger partial charge on any atom is 0.255 e. The monoisotopic (exact) mass is 448 g/mol. The Labute approximate surface area is 190 Å². The Morgan fingerprint density at radius 3 is 2.06 bits per heavy atom. The van der Waals surface area contributed by atoms with Crippen LogP contribution in [0.3, 0.4) is 0 Å². The van der Waals surface area contributed by atoms with Crippen LogP contribution in [-0.2, 0) is 16.6 Å². The quantitative estimate of drug-likeness (QED) is 0.479. The summed E-state index contributed by atoms with van der Waals surface area (Å²) in [6.07, 6.45) is 1.57. The first-order valence-corrected chi connectivity index (χ1v) is 11.8. The summed E-state index contributed by atoms with van der Waals surface area (Å²) in [6.45, 7) is 9.94. The Balaban J connectivity index is 1.75. The summed E-state index contributed by atoms with van der Waals surface area (Å²) in [5.74, 6) is -0.211. The average molecular weight is 449 g/mol. The first kappa shape index (κ1) is 23.4. The van der Waals surface area contributed by atoms with Crippen LogP contribution in [0.4, 0.5) is 5.69 Å². The smallest absolute Gasteiger partial charge is 0.255 e. The zero-order valence-electron chi connectivity index (χ0n) is 18.6. The molecule has 0 fully saturated rings. The fraction of sp³-hybridized carbons (Fsp3) is 0.192. The molecule has 0 unspecified atom stereocenters. The molecule has 5 nitrogen and oxygen atoms in total. The first-order valence-electron chi connectivity index (χ1n) is 10.4. The van der Waals surface area contributed by atoms with Gasteiger partial charge in [-0.05, 0) is 73.9 Å². The molecule has 3 aromatic carbocycles. The number of amides is 1. The van der Waals surface area contributed by atoms with Gasteiger partial charge in [0.2, 0.25) is 10.0 Å². The fourth-order valence-electron chi connectivity index (χ4n) is 3.47. The van der Waals surface area contributed by atoms with Crippen LogP contribution >= 0.6 is 0 Å². The Morgan fingerprint density at radius 2 is 1.50 bits per heavy atom. The van der Waals surface area contributed by atoms with Gasteiger partial charge in [-0.2, -0.15) is 4.31 Å². The van der Waals surface area contributed by atoms with Crippen molar-refractivity contribution in [2.75, 3.05) is 11.9 Å². The second-order valence-electron chi connectivity index (χ2n) is 7.93. The van der Waals surface area contributed by atoms with Crippen molar-refractivity contribution in [3.05, 3.63) is 107 Å². The van der Waals surface area contributed by atoms with E-state index in [9.17, 15) is 13.2 Å². The summed E-state index contributed by atoms with van der Waals surface area (Å²) in [4.78, 5) is 12.9. The van der Waals surface area contributed by atoms with Crippen molar-refractivity contribution in [1.82, 2.24) is 4.31 Å². The lowest BCUT2D eigenvalue weighted by atomic mass is 10.1. The van der Waals surface area contributed by atoms with Crippen LogP contribution < -0.4 is 5.32 Å². The van der Waals surface area contributed by atoms with E-state index < -0.39 is 10.0 Å². The van der Waals surface area contributed by atoms with Gasteiger partial charge < -0.3 is 5.32 Å². The molecule has 0 heterocycles. The molecule has 1 amide bonds. The number of hydrogen-bond donors (Lipinski definition) is 1. The molecule has 3 aromatic rings. The number of nitrogens with one attached hydrogen (secondary N) is 1. The molecule has 0 spiro atoms. The molecule has 0 aromatic heterocycles. The first-order chi connectivity index (χ1) is 15.2. The SMILES string of the molecule is C=CCN(Cc1ccc(C(=O)Nc2cc(C)cc(C)c2)cc1)S(=O)(=O)c1ccc(C)cc1. The van der Waals surface area contributed by atoms with Crippen LogP contribution in [0.1, 0.15) is 32.6 Å². The lowest BCUT2D eigenvalue weighted by Gasteiger charge is -2.21. The zero-order chi connectivity index (χ0) is 23.3. The normalized spacial score (nSPS) is 11.4.